The number of fused-ring (bicyclic) bond motifs is 1. The summed E-state index contributed by atoms with van der Waals surface area (Å²) in [7, 11) is 2.66. The molecule has 3 N–H and O–H groups in total. The summed E-state index contributed by atoms with van der Waals surface area (Å²) in [5.74, 6) is -1.72. The Bertz CT molecular complexity index is 928. The molecular formula is C21H24O9. The van der Waals surface area contributed by atoms with E-state index in [1.54, 1.807) is 26.2 Å². The molecule has 0 aromatic heterocycles. The van der Waals surface area contributed by atoms with Gasteiger partial charge in [0.15, 0.2) is 6.10 Å². The number of carbonyl (C=O) groups excluding carboxylic acids is 2. The fourth-order valence-electron chi connectivity index (χ4n) is 3.25. The van der Waals surface area contributed by atoms with Crippen molar-refractivity contribution in [1.29, 1.82) is 0 Å². The average molecular weight is 420 g/mol. The first kappa shape index (κ1) is 22.0. The van der Waals surface area contributed by atoms with E-state index in [1.807, 2.05) is 24.3 Å². The molecule has 1 saturated heterocycles. The van der Waals surface area contributed by atoms with Crippen molar-refractivity contribution in [1.82, 2.24) is 0 Å². The molecule has 1 heterocycles. The van der Waals surface area contributed by atoms with Crippen LogP contribution in [-0.2, 0) is 23.8 Å². The van der Waals surface area contributed by atoms with Crippen molar-refractivity contribution in [2.45, 2.75) is 43.5 Å². The van der Waals surface area contributed by atoms with Gasteiger partial charge in [0, 0.05) is 0 Å². The van der Waals surface area contributed by atoms with Gasteiger partial charge in [-0.05, 0) is 35.4 Å². The SMILES string of the molecule is COC(=O)[C@H]1O[C@@H](OC(=O)[C@@H](C)c2ccc3cc(OC)ccc3c2)[C@H](O)[C@@H](O)[C@@H]1O. The molecule has 0 bridgehead atoms. The molecule has 2 aromatic carbocycles. The van der Waals surface area contributed by atoms with E-state index in [1.165, 1.54) is 0 Å². The first-order valence-corrected chi connectivity index (χ1v) is 9.32. The van der Waals surface area contributed by atoms with Crippen LogP contribution in [0.5, 0.6) is 5.75 Å². The van der Waals surface area contributed by atoms with Gasteiger partial charge in [0.2, 0.25) is 6.29 Å². The van der Waals surface area contributed by atoms with Crippen LogP contribution in [0, 0.1) is 0 Å². The van der Waals surface area contributed by atoms with Crippen molar-refractivity contribution in [3.05, 3.63) is 42.0 Å². The summed E-state index contributed by atoms with van der Waals surface area (Å²) < 4.78 is 20.1. The predicted octanol–water partition coefficient (Wildman–Crippen LogP) is 0.476. The topological polar surface area (TPSA) is 132 Å². The molecule has 0 saturated carbocycles. The van der Waals surface area contributed by atoms with E-state index in [0.717, 1.165) is 17.9 Å². The molecular weight excluding hydrogens is 396 g/mol. The number of aliphatic hydroxyl groups is 3. The normalized spacial score (nSPS) is 27.3. The van der Waals surface area contributed by atoms with Crippen molar-refractivity contribution >= 4 is 22.7 Å². The number of hydrogen-bond donors (Lipinski definition) is 3. The molecule has 2 aromatic rings. The van der Waals surface area contributed by atoms with E-state index in [-0.39, 0.29) is 0 Å². The lowest BCUT2D eigenvalue weighted by Gasteiger charge is -2.38. The van der Waals surface area contributed by atoms with E-state index >= 15 is 0 Å². The van der Waals surface area contributed by atoms with Crippen molar-refractivity contribution in [3.8, 4) is 5.75 Å². The minimum Gasteiger partial charge on any atom is -0.497 e. The van der Waals surface area contributed by atoms with Gasteiger partial charge < -0.3 is 34.3 Å². The lowest BCUT2D eigenvalue weighted by molar-refractivity contribution is -0.287. The van der Waals surface area contributed by atoms with Crippen molar-refractivity contribution in [2.24, 2.45) is 0 Å². The van der Waals surface area contributed by atoms with Crippen molar-refractivity contribution in [2.75, 3.05) is 14.2 Å². The molecule has 0 spiro atoms. The number of esters is 2. The zero-order valence-electron chi connectivity index (χ0n) is 16.7. The highest BCUT2D eigenvalue weighted by Crippen LogP contribution is 2.28. The summed E-state index contributed by atoms with van der Waals surface area (Å²) in [5.41, 5.74) is 0.660. The van der Waals surface area contributed by atoms with E-state index in [9.17, 15) is 24.9 Å². The van der Waals surface area contributed by atoms with Crippen LogP contribution in [0.3, 0.4) is 0 Å². The Morgan fingerprint density at radius 2 is 1.63 bits per heavy atom. The second-order valence-corrected chi connectivity index (χ2v) is 7.05. The highest BCUT2D eigenvalue weighted by molar-refractivity contribution is 5.87. The van der Waals surface area contributed by atoms with E-state index in [0.29, 0.717) is 11.3 Å². The van der Waals surface area contributed by atoms with Gasteiger partial charge in [-0.2, -0.15) is 0 Å². The zero-order chi connectivity index (χ0) is 22.0. The maximum Gasteiger partial charge on any atom is 0.337 e. The summed E-state index contributed by atoms with van der Waals surface area (Å²) >= 11 is 0. The summed E-state index contributed by atoms with van der Waals surface area (Å²) in [6, 6.07) is 11.0. The summed E-state index contributed by atoms with van der Waals surface area (Å²) in [4.78, 5) is 24.4. The minimum atomic E-state index is -1.76. The maximum absolute atomic E-state index is 12.6. The lowest BCUT2D eigenvalue weighted by atomic mass is 9.97. The Morgan fingerprint density at radius 1 is 0.967 bits per heavy atom. The van der Waals surface area contributed by atoms with Gasteiger partial charge in [0.05, 0.1) is 20.1 Å². The van der Waals surface area contributed by atoms with Crippen LogP contribution in [-0.4, -0.2) is 72.2 Å². The van der Waals surface area contributed by atoms with Crippen LogP contribution < -0.4 is 4.74 Å². The molecule has 0 radical (unpaired) electrons. The standard InChI is InChI=1S/C21H24O9/c1-10(11-4-5-13-9-14(27-2)7-6-12(13)8-11)19(25)30-21-17(24)15(22)16(23)18(29-21)20(26)28-3/h4-10,15-18,21-24H,1-3H3/t10-,15-,16-,17+,18-,21-/m0/s1. The number of carbonyl (C=O) groups is 2. The molecule has 0 unspecified atom stereocenters. The maximum atomic E-state index is 12.6. The van der Waals surface area contributed by atoms with Gasteiger partial charge in [-0.25, -0.2) is 4.79 Å². The number of benzene rings is 2. The largest absolute Gasteiger partial charge is 0.497 e. The number of aliphatic hydroxyl groups excluding tert-OH is 3. The fraction of sp³-hybridized carbons (Fsp3) is 0.429. The summed E-state index contributed by atoms with van der Waals surface area (Å²) in [5, 5.41) is 31.8. The molecule has 162 valence electrons. The van der Waals surface area contributed by atoms with E-state index in [4.69, 9.17) is 14.2 Å². The van der Waals surface area contributed by atoms with Gasteiger partial charge in [-0.3, -0.25) is 4.79 Å². The van der Waals surface area contributed by atoms with E-state index in [2.05, 4.69) is 4.74 Å². The first-order chi connectivity index (χ1) is 14.3. The Hall–Kier alpha value is -2.72. The van der Waals surface area contributed by atoms with Gasteiger partial charge in [-0.15, -0.1) is 0 Å². The molecule has 30 heavy (non-hydrogen) atoms. The third-order valence-electron chi connectivity index (χ3n) is 5.16. The van der Waals surface area contributed by atoms with Crippen LogP contribution in [0.1, 0.15) is 18.4 Å². The molecule has 3 rings (SSSR count). The minimum absolute atomic E-state index is 0.660. The molecule has 1 aliphatic rings. The van der Waals surface area contributed by atoms with Gasteiger partial charge in [0.25, 0.3) is 0 Å². The molecule has 6 atom stereocenters. The molecule has 0 amide bonds. The highest BCUT2D eigenvalue weighted by atomic mass is 16.7. The smallest absolute Gasteiger partial charge is 0.337 e. The second kappa shape index (κ2) is 8.97. The van der Waals surface area contributed by atoms with Crippen LogP contribution in [0.25, 0.3) is 10.8 Å². The van der Waals surface area contributed by atoms with E-state index < -0.39 is 48.6 Å². The quantitative estimate of drug-likeness (QED) is 0.591. The average Bonchev–Trinajstić information content (AvgIpc) is 2.77. The van der Waals surface area contributed by atoms with Gasteiger partial charge >= 0.3 is 11.9 Å². The molecule has 9 heteroatoms. The Kier molecular flexibility index (Phi) is 6.57. The second-order valence-electron chi connectivity index (χ2n) is 7.05. The molecule has 9 nitrogen and oxygen atoms in total. The van der Waals surface area contributed by atoms with Gasteiger partial charge in [-0.1, -0.05) is 24.3 Å². The Labute approximate surface area is 172 Å². The van der Waals surface area contributed by atoms with Crippen LogP contribution in [0.2, 0.25) is 0 Å². The van der Waals surface area contributed by atoms with Crippen LogP contribution >= 0.6 is 0 Å². The Morgan fingerprint density at radius 3 is 2.30 bits per heavy atom. The molecule has 1 fully saturated rings. The molecule has 0 aliphatic carbocycles. The number of methoxy groups -OCH3 is 2. The number of rotatable bonds is 5. The van der Waals surface area contributed by atoms with Crippen molar-refractivity contribution in [3.63, 3.8) is 0 Å². The van der Waals surface area contributed by atoms with Gasteiger partial charge in [0.1, 0.15) is 24.1 Å². The van der Waals surface area contributed by atoms with Crippen LogP contribution in [0.4, 0.5) is 0 Å². The zero-order valence-corrected chi connectivity index (χ0v) is 16.7. The Balaban J connectivity index is 1.75. The first-order valence-electron chi connectivity index (χ1n) is 9.32. The third kappa shape index (κ3) is 4.24. The van der Waals surface area contributed by atoms with Crippen molar-refractivity contribution < 1.29 is 43.9 Å². The number of ether oxygens (including phenoxy) is 4. The number of hydrogen-bond acceptors (Lipinski definition) is 9. The monoisotopic (exact) mass is 420 g/mol. The molecule has 1 aliphatic heterocycles. The lowest BCUT2D eigenvalue weighted by Crippen LogP contribution is -2.60. The summed E-state index contributed by atoms with van der Waals surface area (Å²) in [6.07, 6.45) is -8.46. The highest BCUT2D eigenvalue weighted by Gasteiger charge is 2.49. The predicted molar refractivity (Wildman–Crippen MR) is 104 cm³/mol. The summed E-state index contributed by atoms with van der Waals surface area (Å²) in [6.45, 7) is 1.62. The third-order valence-corrected chi connectivity index (χ3v) is 5.16. The fourth-order valence-corrected chi connectivity index (χ4v) is 3.25. The van der Waals surface area contributed by atoms with Crippen LogP contribution in [0.15, 0.2) is 36.4 Å².